The van der Waals surface area contributed by atoms with Gasteiger partial charge in [-0.1, -0.05) is 30.3 Å². The van der Waals surface area contributed by atoms with Crippen LogP contribution in [-0.4, -0.2) is 11.3 Å². The van der Waals surface area contributed by atoms with E-state index in [1.807, 2.05) is 0 Å². The van der Waals surface area contributed by atoms with Gasteiger partial charge >= 0.3 is 6.18 Å². The molecule has 0 aliphatic carbocycles. The lowest BCUT2D eigenvalue weighted by Gasteiger charge is -2.18. The summed E-state index contributed by atoms with van der Waals surface area (Å²) >= 11 is 0. The zero-order chi connectivity index (χ0) is 12.6. The first kappa shape index (κ1) is 11.7. The van der Waals surface area contributed by atoms with Crippen molar-refractivity contribution in [2.75, 3.05) is 0 Å². The van der Waals surface area contributed by atoms with Crippen LogP contribution >= 0.6 is 0 Å². The summed E-state index contributed by atoms with van der Waals surface area (Å²) in [6, 6.07) is 6.69. The van der Waals surface area contributed by atoms with Gasteiger partial charge in [0, 0.05) is 5.39 Å². The minimum absolute atomic E-state index is 0.0362. The van der Waals surface area contributed by atoms with Crippen molar-refractivity contribution in [1.82, 2.24) is 0 Å². The third-order valence-electron chi connectivity index (χ3n) is 2.62. The quantitative estimate of drug-likeness (QED) is 0.805. The molecule has 0 bridgehead atoms. The Kier molecular flexibility index (Phi) is 2.71. The van der Waals surface area contributed by atoms with E-state index in [2.05, 4.69) is 0 Å². The molecular weight excluding hydrogens is 231 g/mol. The summed E-state index contributed by atoms with van der Waals surface area (Å²) in [5.74, 6) is -0.0567. The number of phenolic OH excluding ortho intramolecular Hbond substituents is 1. The first-order valence-corrected chi connectivity index (χ1v) is 4.94. The molecule has 90 valence electrons. The average molecular weight is 241 g/mol. The van der Waals surface area contributed by atoms with Gasteiger partial charge in [0.25, 0.3) is 0 Å². The highest BCUT2D eigenvalue weighted by atomic mass is 19.4. The Morgan fingerprint density at radius 2 is 1.59 bits per heavy atom. The second-order valence-electron chi connectivity index (χ2n) is 3.74. The summed E-state index contributed by atoms with van der Waals surface area (Å²) in [5.41, 5.74) is 5.15. The molecule has 2 nitrogen and oxygen atoms in total. The van der Waals surface area contributed by atoms with Crippen LogP contribution in [0.4, 0.5) is 13.2 Å². The van der Waals surface area contributed by atoms with Crippen LogP contribution in [0.2, 0.25) is 0 Å². The fourth-order valence-corrected chi connectivity index (χ4v) is 1.75. The van der Waals surface area contributed by atoms with Gasteiger partial charge in [-0.2, -0.15) is 13.2 Å². The number of rotatable bonds is 1. The number of fused-ring (bicyclic) bond motifs is 1. The lowest BCUT2D eigenvalue weighted by molar-refractivity contribution is -0.148. The molecule has 0 saturated carbocycles. The van der Waals surface area contributed by atoms with Crippen LogP contribution in [0, 0.1) is 0 Å². The van der Waals surface area contributed by atoms with Crippen molar-refractivity contribution in [3.63, 3.8) is 0 Å². The summed E-state index contributed by atoms with van der Waals surface area (Å²) in [6.07, 6.45) is -4.50. The molecule has 0 spiro atoms. The Bertz CT molecular complexity index is 551. The van der Waals surface area contributed by atoms with Crippen molar-refractivity contribution in [3.05, 3.63) is 42.0 Å². The predicted molar refractivity (Wildman–Crippen MR) is 58.6 cm³/mol. The van der Waals surface area contributed by atoms with Crippen LogP contribution in [0.15, 0.2) is 36.4 Å². The van der Waals surface area contributed by atoms with E-state index in [-0.39, 0.29) is 11.3 Å². The molecule has 5 heteroatoms. The van der Waals surface area contributed by atoms with Crippen LogP contribution in [-0.2, 0) is 0 Å². The highest BCUT2D eigenvalue weighted by molar-refractivity contribution is 5.91. The zero-order valence-corrected chi connectivity index (χ0v) is 8.70. The summed E-state index contributed by atoms with van der Waals surface area (Å²) in [4.78, 5) is 0. The highest BCUT2D eigenvalue weighted by Gasteiger charge is 2.38. The van der Waals surface area contributed by atoms with Crippen molar-refractivity contribution in [1.29, 1.82) is 0 Å². The van der Waals surface area contributed by atoms with Gasteiger partial charge < -0.3 is 10.8 Å². The zero-order valence-electron chi connectivity index (χ0n) is 8.70. The van der Waals surface area contributed by atoms with Gasteiger partial charge in [-0.15, -0.1) is 0 Å². The lowest BCUT2D eigenvalue weighted by Crippen LogP contribution is -2.28. The number of alkyl halides is 3. The van der Waals surface area contributed by atoms with Crippen molar-refractivity contribution < 1.29 is 18.3 Å². The maximum Gasteiger partial charge on any atom is 0.407 e. The number of benzene rings is 2. The monoisotopic (exact) mass is 241 g/mol. The minimum atomic E-state index is -4.50. The van der Waals surface area contributed by atoms with Gasteiger partial charge in [0.15, 0.2) is 0 Å². The normalized spacial score (nSPS) is 13.9. The maximum absolute atomic E-state index is 12.6. The van der Waals surface area contributed by atoms with Gasteiger partial charge in [-0.3, -0.25) is 0 Å². The van der Waals surface area contributed by atoms with E-state index in [0.29, 0.717) is 10.8 Å². The van der Waals surface area contributed by atoms with Gasteiger partial charge in [0.2, 0.25) is 0 Å². The van der Waals surface area contributed by atoms with Crippen LogP contribution in [0.25, 0.3) is 10.8 Å². The standard InChI is InChI=1S/C12H10F3NO/c13-12(14,15)11(16)9-5-6-10(17)8-4-2-1-3-7(8)9/h1-6,11,17H,16H2/t11-/m0/s1. The Hall–Kier alpha value is -1.75. The molecule has 0 unspecified atom stereocenters. The number of nitrogens with two attached hydrogens (primary N) is 1. The molecule has 0 radical (unpaired) electrons. The molecule has 0 amide bonds. The molecule has 0 aliphatic rings. The smallest absolute Gasteiger partial charge is 0.407 e. The average Bonchev–Trinajstić information content (AvgIpc) is 2.28. The fraction of sp³-hybridized carbons (Fsp3) is 0.167. The lowest BCUT2D eigenvalue weighted by atomic mass is 9.98. The Morgan fingerprint density at radius 1 is 1.00 bits per heavy atom. The molecule has 2 rings (SSSR count). The molecule has 17 heavy (non-hydrogen) atoms. The minimum Gasteiger partial charge on any atom is -0.507 e. The van der Waals surface area contributed by atoms with E-state index in [1.165, 1.54) is 18.2 Å². The van der Waals surface area contributed by atoms with E-state index >= 15 is 0 Å². The van der Waals surface area contributed by atoms with Crippen molar-refractivity contribution in [2.45, 2.75) is 12.2 Å². The van der Waals surface area contributed by atoms with Gasteiger partial charge in [-0.05, 0) is 17.0 Å². The number of aromatic hydroxyl groups is 1. The SMILES string of the molecule is N[C@@H](c1ccc(O)c2ccccc12)C(F)(F)F. The number of phenols is 1. The fourth-order valence-electron chi connectivity index (χ4n) is 1.75. The van der Waals surface area contributed by atoms with Crippen molar-refractivity contribution in [2.24, 2.45) is 5.73 Å². The molecular formula is C12H10F3NO. The van der Waals surface area contributed by atoms with E-state index in [0.717, 1.165) is 0 Å². The van der Waals surface area contributed by atoms with Gasteiger partial charge in [0.05, 0.1) is 0 Å². The predicted octanol–water partition coefficient (Wildman–Crippen LogP) is 3.11. The van der Waals surface area contributed by atoms with Gasteiger partial charge in [-0.25, -0.2) is 0 Å². The Morgan fingerprint density at radius 3 is 2.18 bits per heavy atom. The van der Waals surface area contributed by atoms with Crippen LogP contribution in [0.1, 0.15) is 11.6 Å². The maximum atomic E-state index is 12.6. The summed E-state index contributed by atoms with van der Waals surface area (Å²) < 4.78 is 37.7. The second-order valence-corrected chi connectivity index (χ2v) is 3.74. The first-order valence-electron chi connectivity index (χ1n) is 4.94. The topological polar surface area (TPSA) is 46.2 Å². The number of halogens is 3. The molecule has 0 aliphatic heterocycles. The highest BCUT2D eigenvalue weighted by Crippen LogP contribution is 2.36. The molecule has 0 aromatic heterocycles. The third-order valence-corrected chi connectivity index (χ3v) is 2.62. The Labute approximate surface area is 95.5 Å². The van der Waals surface area contributed by atoms with E-state index in [4.69, 9.17) is 5.73 Å². The first-order chi connectivity index (χ1) is 7.91. The largest absolute Gasteiger partial charge is 0.507 e. The molecule has 0 heterocycles. The Balaban J connectivity index is 2.67. The van der Waals surface area contributed by atoms with E-state index < -0.39 is 12.2 Å². The van der Waals surface area contributed by atoms with Crippen LogP contribution < -0.4 is 5.73 Å². The van der Waals surface area contributed by atoms with Crippen molar-refractivity contribution >= 4 is 10.8 Å². The molecule has 2 aromatic rings. The number of hydrogen-bond acceptors (Lipinski definition) is 2. The van der Waals surface area contributed by atoms with Gasteiger partial charge in [0.1, 0.15) is 11.8 Å². The molecule has 0 fully saturated rings. The molecule has 3 N–H and O–H groups in total. The molecule has 0 saturated heterocycles. The van der Waals surface area contributed by atoms with E-state index in [9.17, 15) is 18.3 Å². The van der Waals surface area contributed by atoms with Crippen LogP contribution in [0.5, 0.6) is 5.75 Å². The summed E-state index contributed by atoms with van der Waals surface area (Å²) in [5, 5.41) is 10.2. The second kappa shape index (κ2) is 3.92. The number of hydrogen-bond donors (Lipinski definition) is 2. The van der Waals surface area contributed by atoms with E-state index in [1.54, 1.807) is 18.2 Å². The molecule has 2 aromatic carbocycles. The molecule has 1 atom stereocenters. The third kappa shape index (κ3) is 2.06. The van der Waals surface area contributed by atoms with Crippen LogP contribution in [0.3, 0.4) is 0 Å². The summed E-state index contributed by atoms with van der Waals surface area (Å²) in [7, 11) is 0. The summed E-state index contributed by atoms with van der Waals surface area (Å²) in [6.45, 7) is 0. The van der Waals surface area contributed by atoms with Crippen molar-refractivity contribution in [3.8, 4) is 5.75 Å².